The maximum absolute atomic E-state index is 12.1. The summed E-state index contributed by atoms with van der Waals surface area (Å²) in [5.74, 6) is 0.790. The van der Waals surface area contributed by atoms with Crippen molar-refractivity contribution in [3.8, 4) is 33.6 Å². The van der Waals surface area contributed by atoms with Crippen molar-refractivity contribution in [3.63, 3.8) is 0 Å². The molecule has 0 bridgehead atoms. The molecule has 0 aliphatic carbocycles. The highest BCUT2D eigenvalue weighted by Crippen LogP contribution is 2.36. The molecule has 2 aliphatic heterocycles. The standard InChI is InChI=1S/C37H40N4O4S/c1-39-35-24-32(29-7-3-27(4-8-29)25-40-15-19-44-20-16-40)23-34(30-9-5-28(6-10-30)26-41-17-21-45-22-18-41)36(35)38-37(39)31-11-13-33(14-12-31)46(2,42)43/h3-14,23-24H,15-22,25-26H2,1-2H3. The van der Waals surface area contributed by atoms with Crippen LogP contribution in [-0.4, -0.2) is 86.6 Å². The number of nitrogens with zero attached hydrogens (tertiary/aromatic N) is 4. The van der Waals surface area contributed by atoms with E-state index in [0.29, 0.717) is 4.90 Å². The summed E-state index contributed by atoms with van der Waals surface area (Å²) in [4.78, 5) is 10.3. The summed E-state index contributed by atoms with van der Waals surface area (Å²) >= 11 is 0. The number of morpholine rings is 2. The van der Waals surface area contributed by atoms with Crippen LogP contribution in [0.25, 0.3) is 44.7 Å². The third-order valence-electron chi connectivity index (χ3n) is 9.10. The highest BCUT2D eigenvalue weighted by Gasteiger charge is 2.18. The Morgan fingerprint density at radius 2 is 1.15 bits per heavy atom. The first-order chi connectivity index (χ1) is 22.3. The van der Waals surface area contributed by atoms with Gasteiger partial charge >= 0.3 is 0 Å². The summed E-state index contributed by atoms with van der Waals surface area (Å²) in [6.07, 6.45) is 1.23. The molecule has 0 amide bonds. The molecule has 2 saturated heterocycles. The predicted octanol–water partition coefficient (Wildman–Crippen LogP) is 5.64. The molecule has 0 atom stereocenters. The zero-order valence-corrected chi connectivity index (χ0v) is 27.3. The molecule has 238 valence electrons. The molecule has 0 unspecified atom stereocenters. The first-order valence-electron chi connectivity index (χ1n) is 15.9. The molecular formula is C37H40N4O4S. The van der Waals surface area contributed by atoms with Crippen molar-refractivity contribution in [1.82, 2.24) is 19.4 Å². The minimum absolute atomic E-state index is 0.298. The summed E-state index contributed by atoms with van der Waals surface area (Å²) in [5, 5.41) is 0. The van der Waals surface area contributed by atoms with E-state index in [2.05, 4.69) is 75.0 Å². The lowest BCUT2D eigenvalue weighted by atomic mass is 9.96. The number of ether oxygens (including phenoxy) is 2. The van der Waals surface area contributed by atoms with Crippen molar-refractivity contribution in [2.45, 2.75) is 18.0 Å². The molecular weight excluding hydrogens is 596 g/mol. The number of aromatic nitrogens is 2. The minimum atomic E-state index is -3.29. The Hall–Kier alpha value is -3.86. The molecule has 4 aromatic carbocycles. The van der Waals surface area contributed by atoms with E-state index in [9.17, 15) is 8.42 Å². The lowest BCUT2D eigenvalue weighted by Gasteiger charge is -2.26. The van der Waals surface area contributed by atoms with Crippen molar-refractivity contribution in [2.75, 3.05) is 58.9 Å². The molecule has 0 N–H and O–H groups in total. The van der Waals surface area contributed by atoms with Crippen molar-refractivity contribution in [2.24, 2.45) is 7.05 Å². The molecule has 2 aliphatic rings. The number of sulfone groups is 1. The molecule has 0 radical (unpaired) electrons. The van der Waals surface area contributed by atoms with Gasteiger partial charge in [-0.1, -0.05) is 48.5 Å². The Kier molecular flexibility index (Phi) is 8.76. The maximum atomic E-state index is 12.1. The average Bonchev–Trinajstić information content (AvgIpc) is 3.42. The molecule has 0 spiro atoms. The van der Waals surface area contributed by atoms with Gasteiger partial charge < -0.3 is 14.0 Å². The number of aryl methyl sites for hydroxylation is 1. The van der Waals surface area contributed by atoms with E-state index in [1.54, 1.807) is 12.1 Å². The molecule has 9 heteroatoms. The summed E-state index contributed by atoms with van der Waals surface area (Å²) in [7, 11) is -1.26. The van der Waals surface area contributed by atoms with Crippen LogP contribution in [-0.2, 0) is 39.4 Å². The van der Waals surface area contributed by atoms with Gasteiger partial charge in [-0.25, -0.2) is 13.4 Å². The smallest absolute Gasteiger partial charge is 0.175 e. The maximum Gasteiger partial charge on any atom is 0.175 e. The second kappa shape index (κ2) is 13.1. The third kappa shape index (κ3) is 6.65. The van der Waals surface area contributed by atoms with Gasteiger partial charge in [0.2, 0.25) is 0 Å². The first-order valence-corrected chi connectivity index (χ1v) is 17.8. The van der Waals surface area contributed by atoms with Gasteiger partial charge in [0.25, 0.3) is 0 Å². The molecule has 1 aromatic heterocycles. The van der Waals surface area contributed by atoms with E-state index in [1.807, 2.05) is 19.2 Å². The number of benzene rings is 4. The fourth-order valence-corrected chi connectivity index (χ4v) is 7.04. The Labute approximate surface area is 271 Å². The van der Waals surface area contributed by atoms with Crippen LogP contribution in [0, 0.1) is 0 Å². The number of hydrogen-bond acceptors (Lipinski definition) is 7. The summed E-state index contributed by atoms with van der Waals surface area (Å²) in [5.41, 5.74) is 9.83. The second-order valence-electron chi connectivity index (χ2n) is 12.4. The highest BCUT2D eigenvalue weighted by molar-refractivity contribution is 7.90. The van der Waals surface area contributed by atoms with E-state index < -0.39 is 9.84 Å². The van der Waals surface area contributed by atoms with Crippen LogP contribution in [0.5, 0.6) is 0 Å². The SMILES string of the molecule is Cn1c(-c2ccc(S(C)(=O)=O)cc2)nc2c(-c3ccc(CN4CCOCC4)cc3)cc(-c3ccc(CN4CCOCC4)cc3)cc21. The largest absolute Gasteiger partial charge is 0.379 e. The van der Waals surface area contributed by atoms with Gasteiger partial charge in [-0.05, 0) is 64.2 Å². The van der Waals surface area contributed by atoms with Crippen LogP contribution in [0.2, 0.25) is 0 Å². The van der Waals surface area contributed by atoms with Gasteiger partial charge in [0.15, 0.2) is 9.84 Å². The number of fused-ring (bicyclic) bond motifs is 1. The average molecular weight is 637 g/mol. The normalized spacial score (nSPS) is 16.7. The van der Waals surface area contributed by atoms with E-state index in [-0.39, 0.29) is 0 Å². The molecule has 46 heavy (non-hydrogen) atoms. The number of rotatable bonds is 8. The second-order valence-corrected chi connectivity index (χ2v) is 14.4. The lowest BCUT2D eigenvalue weighted by molar-refractivity contribution is 0.0341. The summed E-state index contributed by atoms with van der Waals surface area (Å²) < 4.78 is 37.3. The van der Waals surface area contributed by atoms with E-state index in [4.69, 9.17) is 14.5 Å². The third-order valence-corrected chi connectivity index (χ3v) is 10.2. The molecule has 3 heterocycles. The number of imidazole rings is 1. The van der Waals surface area contributed by atoms with Gasteiger partial charge in [-0.3, -0.25) is 9.80 Å². The lowest BCUT2D eigenvalue weighted by Crippen LogP contribution is -2.35. The van der Waals surface area contributed by atoms with E-state index in [0.717, 1.165) is 110 Å². The zero-order valence-electron chi connectivity index (χ0n) is 26.5. The Morgan fingerprint density at radius 1 is 0.652 bits per heavy atom. The monoisotopic (exact) mass is 636 g/mol. The molecule has 8 nitrogen and oxygen atoms in total. The fourth-order valence-electron chi connectivity index (χ4n) is 6.41. The minimum Gasteiger partial charge on any atom is -0.379 e. The van der Waals surface area contributed by atoms with Crippen molar-refractivity contribution < 1.29 is 17.9 Å². The molecule has 2 fully saturated rings. The summed E-state index contributed by atoms with van der Waals surface area (Å²) in [6, 6.07) is 29.2. The van der Waals surface area contributed by atoms with Gasteiger partial charge in [0, 0.05) is 63.7 Å². The predicted molar refractivity (Wildman–Crippen MR) is 182 cm³/mol. The van der Waals surface area contributed by atoms with Crippen LogP contribution in [0.1, 0.15) is 11.1 Å². The van der Waals surface area contributed by atoms with Gasteiger partial charge in [0.1, 0.15) is 5.82 Å². The zero-order chi connectivity index (χ0) is 31.7. The van der Waals surface area contributed by atoms with Crippen molar-refractivity contribution in [1.29, 1.82) is 0 Å². The highest BCUT2D eigenvalue weighted by atomic mass is 32.2. The topological polar surface area (TPSA) is 76.9 Å². The molecule has 5 aromatic rings. The van der Waals surface area contributed by atoms with Crippen LogP contribution >= 0.6 is 0 Å². The fraction of sp³-hybridized carbons (Fsp3) is 0.324. The summed E-state index contributed by atoms with van der Waals surface area (Å²) in [6.45, 7) is 8.84. The number of hydrogen-bond donors (Lipinski definition) is 0. The van der Waals surface area contributed by atoms with Crippen LogP contribution in [0.15, 0.2) is 89.8 Å². The Balaban J connectivity index is 1.27. The van der Waals surface area contributed by atoms with Gasteiger partial charge in [-0.15, -0.1) is 0 Å². The van der Waals surface area contributed by atoms with Crippen LogP contribution < -0.4 is 0 Å². The van der Waals surface area contributed by atoms with Crippen molar-refractivity contribution >= 4 is 20.9 Å². The molecule has 7 rings (SSSR count). The van der Waals surface area contributed by atoms with Gasteiger partial charge in [-0.2, -0.15) is 0 Å². The molecule has 0 saturated carbocycles. The van der Waals surface area contributed by atoms with Crippen LogP contribution in [0.3, 0.4) is 0 Å². The first kappa shape index (κ1) is 30.8. The Bertz CT molecular complexity index is 1920. The van der Waals surface area contributed by atoms with Crippen LogP contribution in [0.4, 0.5) is 0 Å². The van der Waals surface area contributed by atoms with E-state index in [1.165, 1.54) is 17.4 Å². The van der Waals surface area contributed by atoms with E-state index >= 15 is 0 Å². The van der Waals surface area contributed by atoms with Crippen molar-refractivity contribution in [3.05, 3.63) is 96.1 Å². The quantitative estimate of drug-likeness (QED) is 0.218. The van der Waals surface area contributed by atoms with Gasteiger partial charge in [0.05, 0.1) is 42.4 Å². The Morgan fingerprint density at radius 3 is 1.67 bits per heavy atom.